The summed E-state index contributed by atoms with van der Waals surface area (Å²) in [5.74, 6) is -0.905. The van der Waals surface area contributed by atoms with Gasteiger partial charge >= 0.3 is 5.97 Å². The predicted octanol–water partition coefficient (Wildman–Crippen LogP) is 2.68. The van der Waals surface area contributed by atoms with Crippen LogP contribution in [0.1, 0.15) is 15.9 Å². The molecular weight excluding hydrogens is 364 g/mol. The lowest BCUT2D eigenvalue weighted by molar-refractivity contribution is -0.139. The van der Waals surface area contributed by atoms with Gasteiger partial charge in [0.05, 0.1) is 6.21 Å². The van der Waals surface area contributed by atoms with Crippen LogP contribution < -0.4 is 10.2 Å². The van der Waals surface area contributed by atoms with Crippen LogP contribution in [0.15, 0.2) is 58.1 Å². The first kappa shape index (κ1) is 16.7. The Morgan fingerprint density at radius 2 is 1.96 bits per heavy atom. The number of ether oxygens (including phenoxy) is 1. The zero-order chi connectivity index (χ0) is 16.7. The maximum Gasteiger partial charge on any atom is 0.341 e. The Bertz CT molecular complexity index is 729. The molecule has 0 spiro atoms. The number of amides is 1. The SMILES string of the molecule is O=C(O)COc1ccc(C=NNC(=O)c2cccc(Br)c2)cc1. The minimum atomic E-state index is -1.04. The second-order valence-electron chi connectivity index (χ2n) is 4.46. The normalized spacial score (nSPS) is 10.5. The molecule has 2 rings (SSSR count). The third-order valence-corrected chi connectivity index (χ3v) is 3.20. The lowest BCUT2D eigenvalue weighted by Crippen LogP contribution is -2.17. The summed E-state index contributed by atoms with van der Waals surface area (Å²) in [4.78, 5) is 22.3. The number of rotatable bonds is 6. The molecule has 0 heterocycles. The highest BCUT2D eigenvalue weighted by Gasteiger charge is 2.03. The van der Waals surface area contributed by atoms with E-state index in [4.69, 9.17) is 9.84 Å². The number of nitrogens with zero attached hydrogens (tertiary/aromatic N) is 1. The maximum atomic E-state index is 11.9. The fraction of sp³-hybridized carbons (Fsp3) is 0.0625. The van der Waals surface area contributed by atoms with Crippen molar-refractivity contribution in [1.82, 2.24) is 5.43 Å². The largest absolute Gasteiger partial charge is 0.482 e. The number of hydrogen-bond acceptors (Lipinski definition) is 4. The monoisotopic (exact) mass is 376 g/mol. The van der Waals surface area contributed by atoms with Gasteiger partial charge in [0.2, 0.25) is 0 Å². The number of hydrazone groups is 1. The summed E-state index contributed by atoms with van der Waals surface area (Å²) in [5.41, 5.74) is 3.66. The van der Waals surface area contributed by atoms with Crippen LogP contribution in [-0.2, 0) is 4.79 Å². The minimum Gasteiger partial charge on any atom is -0.482 e. The Hall–Kier alpha value is -2.67. The average molecular weight is 377 g/mol. The van der Waals surface area contributed by atoms with Crippen LogP contribution in [0.2, 0.25) is 0 Å². The van der Waals surface area contributed by atoms with E-state index in [1.807, 2.05) is 6.07 Å². The van der Waals surface area contributed by atoms with Crippen molar-refractivity contribution in [1.29, 1.82) is 0 Å². The second kappa shape index (κ2) is 8.09. The molecule has 0 saturated heterocycles. The van der Waals surface area contributed by atoms with Gasteiger partial charge in [0, 0.05) is 10.0 Å². The number of carboxylic acid groups (broad SMARTS) is 1. The van der Waals surface area contributed by atoms with Crippen LogP contribution >= 0.6 is 15.9 Å². The van der Waals surface area contributed by atoms with E-state index < -0.39 is 12.6 Å². The predicted molar refractivity (Wildman–Crippen MR) is 88.8 cm³/mol. The van der Waals surface area contributed by atoms with Crippen molar-refractivity contribution in [3.05, 3.63) is 64.1 Å². The Morgan fingerprint density at radius 3 is 2.61 bits per heavy atom. The van der Waals surface area contributed by atoms with Crippen LogP contribution in [0, 0.1) is 0 Å². The molecule has 0 saturated carbocycles. The molecule has 0 radical (unpaired) electrons. The number of aliphatic carboxylic acids is 1. The number of hydrogen-bond donors (Lipinski definition) is 2. The number of halogens is 1. The third-order valence-electron chi connectivity index (χ3n) is 2.71. The first-order chi connectivity index (χ1) is 11.0. The summed E-state index contributed by atoms with van der Waals surface area (Å²) in [7, 11) is 0. The Kier molecular flexibility index (Phi) is 5.87. The molecule has 6 nitrogen and oxygen atoms in total. The molecule has 118 valence electrons. The van der Waals surface area contributed by atoms with Crippen LogP contribution in [0.4, 0.5) is 0 Å². The van der Waals surface area contributed by atoms with E-state index in [9.17, 15) is 9.59 Å². The van der Waals surface area contributed by atoms with E-state index in [1.54, 1.807) is 42.5 Å². The summed E-state index contributed by atoms with van der Waals surface area (Å²) in [6.07, 6.45) is 1.48. The Labute approximate surface area is 140 Å². The number of carbonyl (C=O) groups excluding carboxylic acids is 1. The van der Waals surface area contributed by atoms with Crippen molar-refractivity contribution in [3.63, 3.8) is 0 Å². The van der Waals surface area contributed by atoms with Gasteiger partial charge in [-0.05, 0) is 48.0 Å². The summed E-state index contributed by atoms with van der Waals surface area (Å²) >= 11 is 3.30. The third kappa shape index (κ3) is 5.55. The van der Waals surface area contributed by atoms with E-state index in [2.05, 4.69) is 26.5 Å². The van der Waals surface area contributed by atoms with Crippen molar-refractivity contribution >= 4 is 34.0 Å². The first-order valence-corrected chi connectivity index (χ1v) is 7.37. The highest BCUT2D eigenvalue weighted by Crippen LogP contribution is 2.12. The Balaban J connectivity index is 1.90. The van der Waals surface area contributed by atoms with Gasteiger partial charge in [0.25, 0.3) is 5.91 Å². The van der Waals surface area contributed by atoms with Crippen molar-refractivity contribution in [2.24, 2.45) is 5.10 Å². The Morgan fingerprint density at radius 1 is 1.22 bits per heavy atom. The number of carbonyl (C=O) groups is 2. The second-order valence-corrected chi connectivity index (χ2v) is 5.38. The number of carboxylic acids is 1. The molecule has 0 aliphatic carbocycles. The zero-order valence-electron chi connectivity index (χ0n) is 11.9. The summed E-state index contributed by atoms with van der Waals surface area (Å²) < 4.78 is 5.83. The standard InChI is InChI=1S/C16H13BrN2O4/c17-13-3-1-2-12(8-13)16(22)19-18-9-11-4-6-14(7-5-11)23-10-15(20)21/h1-9H,10H2,(H,19,22)(H,20,21). The van der Waals surface area contributed by atoms with Gasteiger partial charge in [-0.2, -0.15) is 5.10 Å². The van der Waals surface area contributed by atoms with Gasteiger partial charge in [0.1, 0.15) is 5.75 Å². The average Bonchev–Trinajstić information content (AvgIpc) is 2.54. The molecule has 0 aromatic heterocycles. The summed E-state index contributed by atoms with van der Waals surface area (Å²) in [6, 6.07) is 13.6. The smallest absolute Gasteiger partial charge is 0.341 e. The van der Waals surface area contributed by atoms with Gasteiger partial charge in [-0.25, -0.2) is 10.2 Å². The van der Waals surface area contributed by atoms with Crippen molar-refractivity contribution in [2.75, 3.05) is 6.61 Å². The van der Waals surface area contributed by atoms with Crippen LogP contribution in [0.5, 0.6) is 5.75 Å². The molecule has 0 fully saturated rings. The van der Waals surface area contributed by atoms with Gasteiger partial charge in [-0.15, -0.1) is 0 Å². The van der Waals surface area contributed by atoms with Gasteiger partial charge < -0.3 is 9.84 Å². The highest BCUT2D eigenvalue weighted by atomic mass is 79.9. The van der Waals surface area contributed by atoms with E-state index in [0.29, 0.717) is 11.3 Å². The topological polar surface area (TPSA) is 88.0 Å². The minimum absolute atomic E-state index is 0.316. The zero-order valence-corrected chi connectivity index (χ0v) is 13.5. The van der Waals surface area contributed by atoms with Gasteiger partial charge in [-0.3, -0.25) is 4.79 Å². The highest BCUT2D eigenvalue weighted by molar-refractivity contribution is 9.10. The van der Waals surface area contributed by atoms with Crippen molar-refractivity contribution in [3.8, 4) is 5.75 Å². The fourth-order valence-corrected chi connectivity index (χ4v) is 2.05. The van der Waals surface area contributed by atoms with Crippen molar-refractivity contribution in [2.45, 2.75) is 0 Å². The van der Waals surface area contributed by atoms with Gasteiger partial charge in [-0.1, -0.05) is 22.0 Å². The lowest BCUT2D eigenvalue weighted by atomic mass is 10.2. The van der Waals surface area contributed by atoms with E-state index >= 15 is 0 Å². The van der Waals surface area contributed by atoms with Gasteiger partial charge in [0.15, 0.2) is 6.61 Å². The molecule has 0 bridgehead atoms. The van der Waals surface area contributed by atoms with Crippen LogP contribution in [0.3, 0.4) is 0 Å². The summed E-state index contributed by atoms with van der Waals surface area (Å²) in [5, 5.41) is 12.4. The molecule has 23 heavy (non-hydrogen) atoms. The van der Waals surface area contributed by atoms with E-state index in [0.717, 1.165) is 10.0 Å². The molecule has 2 aromatic carbocycles. The van der Waals surface area contributed by atoms with E-state index in [-0.39, 0.29) is 5.91 Å². The molecule has 2 N–H and O–H groups in total. The molecule has 0 atom stereocenters. The maximum absolute atomic E-state index is 11.9. The quantitative estimate of drug-likeness (QED) is 0.599. The first-order valence-electron chi connectivity index (χ1n) is 6.58. The molecule has 0 aliphatic heterocycles. The van der Waals surface area contributed by atoms with Crippen molar-refractivity contribution < 1.29 is 19.4 Å². The molecule has 0 aliphatic rings. The van der Waals surface area contributed by atoms with Crippen LogP contribution in [-0.4, -0.2) is 29.8 Å². The number of nitrogens with one attached hydrogen (secondary N) is 1. The molecule has 1 amide bonds. The molecule has 2 aromatic rings. The molecule has 0 unspecified atom stereocenters. The molecule has 7 heteroatoms. The van der Waals surface area contributed by atoms with E-state index in [1.165, 1.54) is 6.21 Å². The lowest BCUT2D eigenvalue weighted by Gasteiger charge is -2.03. The number of benzene rings is 2. The summed E-state index contributed by atoms with van der Waals surface area (Å²) in [6.45, 7) is -0.393. The molecular formula is C16H13BrN2O4. The van der Waals surface area contributed by atoms with Crippen LogP contribution in [0.25, 0.3) is 0 Å². The fourth-order valence-electron chi connectivity index (χ4n) is 1.65.